The van der Waals surface area contributed by atoms with Gasteiger partial charge in [0, 0.05) is 19.3 Å². The fourth-order valence-electron chi connectivity index (χ4n) is 4.01. The van der Waals surface area contributed by atoms with E-state index in [1.165, 1.54) is 23.5 Å². The predicted octanol–water partition coefficient (Wildman–Crippen LogP) is 5.66. The van der Waals surface area contributed by atoms with E-state index in [1.807, 2.05) is 17.9 Å². The van der Waals surface area contributed by atoms with Crippen molar-refractivity contribution < 1.29 is 9.18 Å². The van der Waals surface area contributed by atoms with Crippen molar-refractivity contribution in [1.82, 2.24) is 14.9 Å². The molecule has 1 amide bonds. The molecule has 0 radical (unpaired) electrons. The Bertz CT molecular complexity index is 1050. The third-order valence-electron chi connectivity index (χ3n) is 5.64. The van der Waals surface area contributed by atoms with Crippen LogP contribution in [0.2, 0.25) is 5.02 Å². The van der Waals surface area contributed by atoms with E-state index in [4.69, 9.17) is 11.6 Å². The summed E-state index contributed by atoms with van der Waals surface area (Å²) >= 11 is 7.38. The maximum atomic E-state index is 13.6. The molecule has 2 atom stereocenters. The molecule has 4 rings (SSSR count). The number of nitrogens with one attached hydrogen (secondary N) is 1. The van der Waals surface area contributed by atoms with Crippen molar-refractivity contribution in [1.29, 1.82) is 0 Å². The Morgan fingerprint density at radius 2 is 2.06 bits per heavy atom. The molecule has 0 unspecified atom stereocenters. The van der Waals surface area contributed by atoms with Gasteiger partial charge in [-0.25, -0.2) is 14.4 Å². The SMILES string of the molecule is Cc1nc(C(=O)N2CCC[C@H](C)[C@@H]2CNc2ccc(Cl)cn2)c(-c2ccc(F)cc2)s1. The van der Waals surface area contributed by atoms with E-state index in [-0.39, 0.29) is 17.8 Å². The van der Waals surface area contributed by atoms with E-state index < -0.39 is 0 Å². The van der Waals surface area contributed by atoms with Gasteiger partial charge in [0.1, 0.15) is 17.3 Å². The zero-order chi connectivity index (χ0) is 22.0. The van der Waals surface area contributed by atoms with Gasteiger partial charge in [-0.05, 0) is 55.5 Å². The van der Waals surface area contributed by atoms with E-state index in [0.717, 1.165) is 34.1 Å². The van der Waals surface area contributed by atoms with Gasteiger partial charge < -0.3 is 10.2 Å². The van der Waals surface area contributed by atoms with E-state index in [2.05, 4.69) is 22.2 Å². The number of amides is 1. The van der Waals surface area contributed by atoms with Crippen molar-refractivity contribution >= 4 is 34.7 Å². The molecule has 1 aromatic carbocycles. The molecular formula is C23H24ClFN4OS. The Morgan fingerprint density at radius 3 is 2.77 bits per heavy atom. The van der Waals surface area contributed by atoms with Gasteiger partial charge in [-0.2, -0.15) is 0 Å². The number of thiazole rings is 1. The number of piperidine rings is 1. The van der Waals surface area contributed by atoms with Crippen LogP contribution in [0.4, 0.5) is 10.2 Å². The molecule has 3 aromatic rings. The van der Waals surface area contributed by atoms with E-state index in [0.29, 0.717) is 29.7 Å². The summed E-state index contributed by atoms with van der Waals surface area (Å²) in [6.45, 7) is 5.34. The number of aryl methyl sites for hydroxylation is 1. The molecule has 1 fully saturated rings. The van der Waals surface area contributed by atoms with Crippen molar-refractivity contribution in [2.45, 2.75) is 32.7 Å². The van der Waals surface area contributed by atoms with Gasteiger partial charge in [0.25, 0.3) is 5.91 Å². The molecule has 0 aliphatic carbocycles. The van der Waals surface area contributed by atoms with Crippen molar-refractivity contribution in [3.05, 3.63) is 64.1 Å². The second-order valence-electron chi connectivity index (χ2n) is 7.85. The van der Waals surface area contributed by atoms with Gasteiger partial charge in [0.05, 0.1) is 20.9 Å². The zero-order valence-corrected chi connectivity index (χ0v) is 19.0. The topological polar surface area (TPSA) is 58.1 Å². The van der Waals surface area contributed by atoms with E-state index in [9.17, 15) is 9.18 Å². The normalized spacial score (nSPS) is 18.8. The largest absolute Gasteiger partial charge is 0.368 e. The smallest absolute Gasteiger partial charge is 0.274 e. The maximum Gasteiger partial charge on any atom is 0.274 e. The summed E-state index contributed by atoms with van der Waals surface area (Å²) in [5, 5.41) is 4.74. The van der Waals surface area contributed by atoms with Crippen LogP contribution in [0.1, 0.15) is 35.3 Å². The quantitative estimate of drug-likeness (QED) is 0.536. The number of pyridine rings is 1. The lowest BCUT2D eigenvalue weighted by atomic mass is 9.90. The summed E-state index contributed by atoms with van der Waals surface area (Å²) in [7, 11) is 0. The van der Waals surface area contributed by atoms with Crippen LogP contribution < -0.4 is 5.32 Å². The Kier molecular flexibility index (Phi) is 6.53. The van der Waals surface area contributed by atoms with Crippen molar-refractivity contribution in [2.24, 2.45) is 5.92 Å². The highest BCUT2D eigenvalue weighted by molar-refractivity contribution is 7.15. The predicted molar refractivity (Wildman–Crippen MR) is 123 cm³/mol. The molecule has 162 valence electrons. The molecule has 8 heteroatoms. The van der Waals surface area contributed by atoms with E-state index >= 15 is 0 Å². The maximum absolute atomic E-state index is 13.6. The first kappa shape index (κ1) is 21.7. The summed E-state index contributed by atoms with van der Waals surface area (Å²) in [6, 6.07) is 9.85. The molecule has 2 aromatic heterocycles. The highest BCUT2D eigenvalue weighted by atomic mass is 35.5. The lowest BCUT2D eigenvalue weighted by Gasteiger charge is -2.40. The molecule has 1 N–H and O–H groups in total. The number of anilines is 1. The second kappa shape index (κ2) is 9.32. The summed E-state index contributed by atoms with van der Waals surface area (Å²) < 4.78 is 13.4. The molecule has 1 saturated heterocycles. The first-order valence-electron chi connectivity index (χ1n) is 10.3. The standard InChI is InChI=1S/C23H24ClFN4OS/c1-14-4-3-11-29(19(14)13-27-20-10-7-17(24)12-26-20)23(30)21-22(31-15(2)28-21)16-5-8-18(25)9-6-16/h5-10,12,14,19H,3-4,11,13H2,1-2H3,(H,26,27)/t14-,19-/m0/s1. The third kappa shape index (κ3) is 4.88. The minimum atomic E-state index is -0.301. The van der Waals surface area contributed by atoms with Gasteiger partial charge in [-0.3, -0.25) is 4.79 Å². The first-order valence-corrected chi connectivity index (χ1v) is 11.5. The molecule has 3 heterocycles. The van der Waals surface area contributed by atoms with Gasteiger partial charge in [-0.15, -0.1) is 11.3 Å². The van der Waals surface area contributed by atoms with Gasteiger partial charge in [0.2, 0.25) is 0 Å². The number of hydrogen-bond acceptors (Lipinski definition) is 5. The average molecular weight is 459 g/mol. The fourth-order valence-corrected chi connectivity index (χ4v) is 5.03. The Hall–Kier alpha value is -2.51. The second-order valence-corrected chi connectivity index (χ2v) is 9.49. The zero-order valence-electron chi connectivity index (χ0n) is 17.4. The van der Waals surface area contributed by atoms with Crippen LogP contribution in [-0.2, 0) is 0 Å². The highest BCUT2D eigenvalue weighted by Crippen LogP contribution is 2.33. The van der Waals surface area contributed by atoms with Crippen molar-refractivity contribution in [3.63, 3.8) is 0 Å². The Labute approximate surface area is 190 Å². The molecular weight excluding hydrogens is 435 g/mol. The third-order valence-corrected chi connectivity index (χ3v) is 6.88. The number of hydrogen-bond donors (Lipinski definition) is 1. The molecule has 0 bridgehead atoms. The van der Waals surface area contributed by atoms with Crippen LogP contribution >= 0.6 is 22.9 Å². The summed E-state index contributed by atoms with van der Waals surface area (Å²) in [6.07, 6.45) is 3.62. The summed E-state index contributed by atoms with van der Waals surface area (Å²) in [5.74, 6) is 0.688. The highest BCUT2D eigenvalue weighted by Gasteiger charge is 2.34. The fraction of sp³-hybridized carbons (Fsp3) is 0.348. The van der Waals surface area contributed by atoms with Crippen LogP contribution in [0.15, 0.2) is 42.6 Å². The van der Waals surface area contributed by atoms with Crippen LogP contribution in [0.25, 0.3) is 10.4 Å². The molecule has 31 heavy (non-hydrogen) atoms. The number of aromatic nitrogens is 2. The van der Waals surface area contributed by atoms with Crippen molar-refractivity contribution in [3.8, 4) is 10.4 Å². The number of carbonyl (C=O) groups excluding carboxylic acids is 1. The number of benzene rings is 1. The first-order chi connectivity index (χ1) is 14.9. The van der Waals surface area contributed by atoms with Gasteiger partial charge in [-0.1, -0.05) is 30.7 Å². The lowest BCUT2D eigenvalue weighted by molar-refractivity contribution is 0.0535. The van der Waals surface area contributed by atoms with Gasteiger partial charge >= 0.3 is 0 Å². The van der Waals surface area contributed by atoms with Crippen LogP contribution in [0, 0.1) is 18.7 Å². The van der Waals surface area contributed by atoms with Crippen molar-refractivity contribution in [2.75, 3.05) is 18.4 Å². The van der Waals surface area contributed by atoms with Crippen LogP contribution in [0.3, 0.4) is 0 Å². The molecule has 0 saturated carbocycles. The molecule has 0 spiro atoms. The van der Waals surface area contributed by atoms with Gasteiger partial charge in [0.15, 0.2) is 0 Å². The number of halogens is 2. The number of rotatable bonds is 5. The number of carbonyl (C=O) groups is 1. The van der Waals surface area contributed by atoms with Crippen LogP contribution in [-0.4, -0.2) is 39.9 Å². The monoisotopic (exact) mass is 458 g/mol. The Morgan fingerprint density at radius 1 is 1.29 bits per heavy atom. The minimum Gasteiger partial charge on any atom is -0.368 e. The average Bonchev–Trinajstić information content (AvgIpc) is 3.15. The number of likely N-dealkylation sites (tertiary alicyclic amines) is 1. The molecule has 5 nitrogen and oxygen atoms in total. The Balaban J connectivity index is 1.58. The molecule has 1 aliphatic heterocycles. The minimum absolute atomic E-state index is 0.0156. The summed E-state index contributed by atoms with van der Waals surface area (Å²) in [5.41, 5.74) is 1.25. The number of nitrogens with zero attached hydrogens (tertiary/aromatic N) is 3. The molecule has 1 aliphatic rings. The summed E-state index contributed by atoms with van der Waals surface area (Å²) in [4.78, 5) is 25.2. The van der Waals surface area contributed by atoms with E-state index in [1.54, 1.807) is 24.4 Å². The van der Waals surface area contributed by atoms with Crippen LogP contribution in [0.5, 0.6) is 0 Å². The lowest BCUT2D eigenvalue weighted by Crippen LogP contribution is -2.51.